The molecule has 1 N–H and O–H groups in total. The molecule has 0 bridgehead atoms. The maximum absolute atomic E-state index is 13.2. The zero-order chi connectivity index (χ0) is 22.0. The summed E-state index contributed by atoms with van der Waals surface area (Å²) >= 11 is 0. The first-order valence-electron chi connectivity index (χ1n) is 9.62. The van der Waals surface area contributed by atoms with Crippen molar-refractivity contribution in [3.8, 4) is 22.5 Å². The Labute approximate surface area is 180 Å². The van der Waals surface area contributed by atoms with Gasteiger partial charge in [-0.25, -0.2) is 27.5 Å². The lowest BCUT2D eigenvalue weighted by Gasteiger charge is -2.11. The lowest BCUT2D eigenvalue weighted by molar-refractivity contribution is 0.599. The standard InChI is InChI=1S/C24H20FN3O2S/c1-16-3-7-18(8-4-16)22-15-23(19-9-5-17(2)6-10-19)27-24(26-22)28-31(29,30)21-13-11-20(25)12-14-21/h3-15H,1-2H3,(H,26,27,28). The van der Waals surface area contributed by atoms with Gasteiger partial charge in [-0.15, -0.1) is 0 Å². The summed E-state index contributed by atoms with van der Waals surface area (Å²) < 4.78 is 41.2. The average Bonchev–Trinajstić information content (AvgIpc) is 2.74. The van der Waals surface area contributed by atoms with Crippen molar-refractivity contribution in [3.05, 3.63) is 95.8 Å². The zero-order valence-corrected chi connectivity index (χ0v) is 17.8. The molecule has 156 valence electrons. The number of hydrogen-bond donors (Lipinski definition) is 1. The van der Waals surface area contributed by atoms with E-state index in [2.05, 4.69) is 14.7 Å². The van der Waals surface area contributed by atoms with Crippen LogP contribution in [0.25, 0.3) is 22.5 Å². The van der Waals surface area contributed by atoms with E-state index in [0.29, 0.717) is 11.4 Å². The lowest BCUT2D eigenvalue weighted by atomic mass is 10.1. The van der Waals surface area contributed by atoms with Crippen LogP contribution in [0.15, 0.2) is 83.8 Å². The number of rotatable bonds is 5. The number of aryl methyl sites for hydroxylation is 2. The normalized spacial score (nSPS) is 11.3. The van der Waals surface area contributed by atoms with E-state index in [4.69, 9.17) is 0 Å². The van der Waals surface area contributed by atoms with E-state index in [1.54, 1.807) is 0 Å². The Morgan fingerprint density at radius 2 is 1.16 bits per heavy atom. The highest BCUT2D eigenvalue weighted by Gasteiger charge is 2.18. The molecule has 4 aromatic rings. The van der Waals surface area contributed by atoms with Gasteiger partial charge in [-0.2, -0.15) is 0 Å². The van der Waals surface area contributed by atoms with Gasteiger partial charge in [-0.05, 0) is 44.2 Å². The highest BCUT2D eigenvalue weighted by Crippen LogP contribution is 2.26. The van der Waals surface area contributed by atoms with Crippen molar-refractivity contribution in [1.82, 2.24) is 9.97 Å². The summed E-state index contributed by atoms with van der Waals surface area (Å²) in [7, 11) is -3.98. The maximum Gasteiger partial charge on any atom is 0.264 e. The Balaban J connectivity index is 1.79. The van der Waals surface area contributed by atoms with Crippen molar-refractivity contribution in [2.24, 2.45) is 0 Å². The molecule has 0 radical (unpaired) electrons. The summed E-state index contributed by atoms with van der Waals surface area (Å²) in [6, 6.07) is 22.0. The van der Waals surface area contributed by atoms with Crippen molar-refractivity contribution in [2.45, 2.75) is 18.7 Å². The van der Waals surface area contributed by atoms with Crippen molar-refractivity contribution >= 4 is 16.0 Å². The van der Waals surface area contributed by atoms with Crippen LogP contribution in [0.2, 0.25) is 0 Å². The topological polar surface area (TPSA) is 72.0 Å². The summed E-state index contributed by atoms with van der Waals surface area (Å²) in [5, 5.41) is 0. The molecule has 0 spiro atoms. The smallest absolute Gasteiger partial charge is 0.247 e. The van der Waals surface area contributed by atoms with E-state index in [1.807, 2.05) is 68.4 Å². The Bertz CT molecular complexity index is 1260. The quantitative estimate of drug-likeness (QED) is 0.459. The number of aromatic nitrogens is 2. The Hall–Kier alpha value is -3.58. The first-order valence-corrected chi connectivity index (χ1v) is 11.1. The Morgan fingerprint density at radius 3 is 1.61 bits per heavy atom. The van der Waals surface area contributed by atoms with Gasteiger partial charge in [0.2, 0.25) is 5.95 Å². The molecule has 1 heterocycles. The van der Waals surface area contributed by atoms with Gasteiger partial charge in [0.25, 0.3) is 10.0 Å². The molecule has 0 unspecified atom stereocenters. The predicted molar refractivity (Wildman–Crippen MR) is 120 cm³/mol. The predicted octanol–water partition coefficient (Wildman–Crippen LogP) is 5.37. The second-order valence-corrected chi connectivity index (χ2v) is 8.94. The van der Waals surface area contributed by atoms with Crippen LogP contribution in [-0.4, -0.2) is 18.4 Å². The Kier molecular flexibility index (Phi) is 5.52. The molecule has 0 aliphatic rings. The van der Waals surface area contributed by atoms with Gasteiger partial charge in [0, 0.05) is 11.1 Å². The lowest BCUT2D eigenvalue weighted by Crippen LogP contribution is -2.15. The van der Waals surface area contributed by atoms with Crippen LogP contribution >= 0.6 is 0 Å². The molecule has 0 saturated carbocycles. The molecule has 0 saturated heterocycles. The van der Waals surface area contributed by atoms with Crippen molar-refractivity contribution < 1.29 is 12.8 Å². The zero-order valence-electron chi connectivity index (χ0n) is 17.0. The summed E-state index contributed by atoms with van der Waals surface area (Å²) in [6.07, 6.45) is 0. The molecule has 0 atom stereocenters. The average molecular weight is 434 g/mol. The number of hydrogen-bond acceptors (Lipinski definition) is 4. The molecular formula is C24H20FN3O2S. The van der Waals surface area contributed by atoms with E-state index in [9.17, 15) is 12.8 Å². The second-order valence-electron chi connectivity index (χ2n) is 7.25. The number of nitrogens with one attached hydrogen (secondary N) is 1. The molecule has 0 aliphatic heterocycles. The largest absolute Gasteiger partial charge is 0.264 e. The van der Waals surface area contributed by atoms with E-state index in [-0.39, 0.29) is 10.8 Å². The molecule has 0 aliphatic carbocycles. The third-order valence-electron chi connectivity index (χ3n) is 4.77. The van der Waals surface area contributed by atoms with E-state index >= 15 is 0 Å². The van der Waals surface area contributed by atoms with Gasteiger partial charge in [0.15, 0.2) is 0 Å². The fraction of sp³-hybridized carbons (Fsp3) is 0.0833. The van der Waals surface area contributed by atoms with Gasteiger partial charge < -0.3 is 0 Å². The molecule has 5 nitrogen and oxygen atoms in total. The summed E-state index contributed by atoms with van der Waals surface area (Å²) in [4.78, 5) is 8.78. The van der Waals surface area contributed by atoms with E-state index < -0.39 is 15.8 Å². The van der Waals surface area contributed by atoms with Crippen LogP contribution in [0.4, 0.5) is 10.3 Å². The van der Waals surface area contributed by atoms with E-state index in [1.165, 1.54) is 12.1 Å². The van der Waals surface area contributed by atoms with Gasteiger partial charge in [-0.3, -0.25) is 0 Å². The van der Waals surface area contributed by atoms with Crippen LogP contribution in [0.3, 0.4) is 0 Å². The summed E-state index contributed by atoms with van der Waals surface area (Å²) in [6.45, 7) is 3.98. The molecule has 0 amide bonds. The van der Waals surface area contributed by atoms with Gasteiger partial charge in [-0.1, -0.05) is 59.7 Å². The molecule has 7 heteroatoms. The van der Waals surface area contributed by atoms with Gasteiger partial charge >= 0.3 is 0 Å². The SMILES string of the molecule is Cc1ccc(-c2cc(-c3ccc(C)cc3)nc(NS(=O)(=O)c3ccc(F)cc3)n2)cc1. The van der Waals surface area contributed by atoms with E-state index in [0.717, 1.165) is 34.4 Å². The van der Waals surface area contributed by atoms with Crippen LogP contribution in [0, 0.1) is 19.7 Å². The minimum Gasteiger partial charge on any atom is -0.247 e. The monoisotopic (exact) mass is 433 g/mol. The first-order chi connectivity index (χ1) is 14.8. The number of sulfonamides is 1. The summed E-state index contributed by atoms with van der Waals surface area (Å²) in [5.74, 6) is -0.573. The highest BCUT2D eigenvalue weighted by molar-refractivity contribution is 7.92. The van der Waals surface area contributed by atoms with Crippen LogP contribution in [-0.2, 0) is 10.0 Å². The minimum absolute atomic E-state index is 0.0574. The molecular weight excluding hydrogens is 413 g/mol. The molecule has 0 fully saturated rings. The van der Waals surface area contributed by atoms with Crippen LogP contribution < -0.4 is 4.72 Å². The van der Waals surface area contributed by atoms with Crippen molar-refractivity contribution in [1.29, 1.82) is 0 Å². The maximum atomic E-state index is 13.2. The minimum atomic E-state index is -3.98. The molecule has 4 rings (SSSR count). The van der Waals surface area contributed by atoms with Crippen molar-refractivity contribution in [2.75, 3.05) is 4.72 Å². The number of nitrogens with zero attached hydrogens (tertiary/aromatic N) is 2. The van der Waals surface area contributed by atoms with Gasteiger partial charge in [0.1, 0.15) is 5.82 Å². The van der Waals surface area contributed by atoms with Gasteiger partial charge in [0.05, 0.1) is 16.3 Å². The van der Waals surface area contributed by atoms with Crippen LogP contribution in [0.1, 0.15) is 11.1 Å². The molecule has 3 aromatic carbocycles. The second kappa shape index (κ2) is 8.28. The van der Waals surface area contributed by atoms with Crippen LogP contribution in [0.5, 0.6) is 0 Å². The molecule has 31 heavy (non-hydrogen) atoms. The molecule has 1 aromatic heterocycles. The third-order valence-corrected chi connectivity index (χ3v) is 6.11. The summed E-state index contributed by atoms with van der Waals surface area (Å²) in [5.41, 5.74) is 5.06. The van der Waals surface area contributed by atoms with Crippen molar-refractivity contribution in [3.63, 3.8) is 0 Å². The Morgan fingerprint density at radius 1 is 0.710 bits per heavy atom. The fourth-order valence-electron chi connectivity index (χ4n) is 3.03. The number of benzene rings is 3. The fourth-order valence-corrected chi connectivity index (χ4v) is 3.97. The third kappa shape index (κ3) is 4.78. The first kappa shape index (κ1) is 20.7. The number of anilines is 1. The highest BCUT2D eigenvalue weighted by atomic mass is 32.2. The number of halogens is 1.